The van der Waals surface area contributed by atoms with Gasteiger partial charge in [-0.15, -0.1) is 0 Å². The Kier molecular flexibility index (Phi) is 6.56. The first-order chi connectivity index (χ1) is 9.56. The van der Waals surface area contributed by atoms with Crippen LogP contribution in [-0.4, -0.2) is 12.5 Å². The third-order valence-electron chi connectivity index (χ3n) is 4.59. The molecule has 112 valence electrons. The summed E-state index contributed by atoms with van der Waals surface area (Å²) in [6.07, 6.45) is 4.51. The first-order valence-electron chi connectivity index (χ1n) is 7.67. The molecule has 0 atom stereocenters. The second-order valence-corrected chi connectivity index (χ2v) is 5.54. The van der Waals surface area contributed by atoms with Crippen molar-refractivity contribution in [3.05, 3.63) is 29.8 Å². The number of benzene rings is 1. The van der Waals surface area contributed by atoms with Crippen molar-refractivity contribution in [1.82, 2.24) is 5.32 Å². The maximum absolute atomic E-state index is 12.0. The van der Waals surface area contributed by atoms with Crippen molar-refractivity contribution >= 4 is 11.6 Å². The zero-order chi connectivity index (χ0) is 15.0. The van der Waals surface area contributed by atoms with Crippen molar-refractivity contribution < 1.29 is 4.79 Å². The second kappa shape index (κ2) is 7.93. The van der Waals surface area contributed by atoms with Gasteiger partial charge in [-0.05, 0) is 42.7 Å². The number of rotatable bonds is 8. The van der Waals surface area contributed by atoms with Crippen LogP contribution in [0.25, 0.3) is 0 Å². The number of carbonyl (C=O) groups is 1. The molecule has 0 radical (unpaired) electrons. The van der Waals surface area contributed by atoms with Gasteiger partial charge in [-0.25, -0.2) is 0 Å². The molecule has 0 aromatic heterocycles. The number of hydrogen-bond donors (Lipinski definition) is 2. The minimum absolute atomic E-state index is 0.118. The Morgan fingerprint density at radius 3 is 2.30 bits per heavy atom. The Bertz CT molecular complexity index is 416. The van der Waals surface area contributed by atoms with E-state index in [1.165, 1.54) is 0 Å². The molecule has 3 N–H and O–H groups in total. The quantitative estimate of drug-likeness (QED) is 0.714. The Hall–Kier alpha value is -1.51. The first-order valence-corrected chi connectivity index (χ1v) is 7.67. The van der Waals surface area contributed by atoms with Crippen LogP contribution in [0.3, 0.4) is 0 Å². The highest BCUT2D eigenvalue weighted by atomic mass is 16.1. The standard InChI is InChI=1S/C17H28N2O/c1-4-17(5-2,6-3)13-19-16(20)12-11-14-9-7-8-10-15(14)18/h7-10H,4-6,11-13,18H2,1-3H3,(H,19,20). The minimum Gasteiger partial charge on any atom is -0.399 e. The maximum Gasteiger partial charge on any atom is 0.220 e. The molecule has 0 aliphatic rings. The number of nitrogens with one attached hydrogen (secondary N) is 1. The van der Waals surface area contributed by atoms with Crippen molar-refractivity contribution in [2.45, 2.75) is 52.9 Å². The van der Waals surface area contributed by atoms with E-state index in [1.807, 2.05) is 24.3 Å². The summed E-state index contributed by atoms with van der Waals surface area (Å²) in [6.45, 7) is 7.37. The van der Waals surface area contributed by atoms with Crippen molar-refractivity contribution in [1.29, 1.82) is 0 Å². The molecular weight excluding hydrogens is 248 g/mol. The molecule has 1 aromatic rings. The Morgan fingerprint density at radius 1 is 1.15 bits per heavy atom. The van der Waals surface area contributed by atoms with Crippen LogP contribution in [-0.2, 0) is 11.2 Å². The molecule has 0 aliphatic heterocycles. The van der Waals surface area contributed by atoms with Crippen LogP contribution in [0, 0.1) is 5.41 Å². The third kappa shape index (κ3) is 4.55. The Balaban J connectivity index is 2.43. The first kappa shape index (κ1) is 16.5. The average Bonchev–Trinajstić information content (AvgIpc) is 2.48. The summed E-state index contributed by atoms with van der Waals surface area (Å²) in [5.74, 6) is 0.118. The molecule has 0 spiro atoms. The van der Waals surface area contributed by atoms with Gasteiger partial charge in [0.1, 0.15) is 0 Å². The monoisotopic (exact) mass is 276 g/mol. The molecule has 3 nitrogen and oxygen atoms in total. The number of nitrogen functional groups attached to an aromatic ring is 1. The molecule has 1 aromatic carbocycles. The van der Waals surface area contributed by atoms with E-state index in [0.717, 1.165) is 37.1 Å². The fraction of sp³-hybridized carbons (Fsp3) is 0.588. The van der Waals surface area contributed by atoms with Crippen LogP contribution in [0.5, 0.6) is 0 Å². The van der Waals surface area contributed by atoms with Gasteiger partial charge in [0.15, 0.2) is 0 Å². The molecule has 1 rings (SSSR count). The van der Waals surface area contributed by atoms with E-state index in [2.05, 4.69) is 26.1 Å². The zero-order valence-electron chi connectivity index (χ0n) is 13.0. The molecule has 0 fully saturated rings. The van der Waals surface area contributed by atoms with Crippen LogP contribution >= 0.6 is 0 Å². The average molecular weight is 276 g/mol. The molecular formula is C17H28N2O. The highest BCUT2D eigenvalue weighted by Crippen LogP contribution is 2.29. The number of aryl methyl sites for hydroxylation is 1. The number of para-hydroxylation sites is 1. The number of hydrogen-bond acceptors (Lipinski definition) is 2. The van der Waals surface area contributed by atoms with Gasteiger partial charge in [0, 0.05) is 18.7 Å². The summed E-state index contributed by atoms with van der Waals surface area (Å²) in [4.78, 5) is 12.0. The van der Waals surface area contributed by atoms with E-state index in [4.69, 9.17) is 5.73 Å². The van der Waals surface area contributed by atoms with Gasteiger partial charge >= 0.3 is 0 Å². The number of anilines is 1. The molecule has 20 heavy (non-hydrogen) atoms. The highest BCUT2D eigenvalue weighted by Gasteiger charge is 2.24. The lowest BCUT2D eigenvalue weighted by Crippen LogP contribution is -2.36. The molecule has 0 unspecified atom stereocenters. The summed E-state index contributed by atoms with van der Waals surface area (Å²) in [6, 6.07) is 7.73. The van der Waals surface area contributed by atoms with Crippen LogP contribution in [0.1, 0.15) is 52.0 Å². The maximum atomic E-state index is 12.0. The number of amides is 1. The zero-order valence-corrected chi connectivity index (χ0v) is 13.0. The third-order valence-corrected chi connectivity index (χ3v) is 4.59. The number of nitrogens with two attached hydrogens (primary N) is 1. The van der Waals surface area contributed by atoms with Crippen molar-refractivity contribution in [3.8, 4) is 0 Å². The normalized spacial score (nSPS) is 11.3. The van der Waals surface area contributed by atoms with E-state index in [1.54, 1.807) is 0 Å². The lowest BCUT2D eigenvalue weighted by Gasteiger charge is -2.30. The summed E-state index contributed by atoms with van der Waals surface area (Å²) < 4.78 is 0. The molecule has 0 saturated carbocycles. The highest BCUT2D eigenvalue weighted by molar-refractivity contribution is 5.76. The summed E-state index contributed by atoms with van der Waals surface area (Å²) >= 11 is 0. The molecule has 1 amide bonds. The van der Waals surface area contributed by atoms with Crippen LogP contribution in [0.15, 0.2) is 24.3 Å². The number of carbonyl (C=O) groups excluding carboxylic acids is 1. The van der Waals surface area contributed by atoms with Gasteiger partial charge in [0.2, 0.25) is 5.91 Å². The summed E-state index contributed by atoms with van der Waals surface area (Å²) in [5.41, 5.74) is 7.95. The molecule has 0 heterocycles. The van der Waals surface area contributed by atoms with E-state index >= 15 is 0 Å². The molecule has 0 bridgehead atoms. The summed E-state index contributed by atoms with van der Waals surface area (Å²) in [5, 5.41) is 3.09. The predicted molar refractivity (Wildman–Crippen MR) is 85.5 cm³/mol. The minimum atomic E-state index is 0.118. The van der Waals surface area contributed by atoms with E-state index in [0.29, 0.717) is 12.8 Å². The SMILES string of the molecule is CCC(CC)(CC)CNC(=O)CCc1ccccc1N. The smallest absolute Gasteiger partial charge is 0.220 e. The fourth-order valence-corrected chi connectivity index (χ4v) is 2.51. The lowest BCUT2D eigenvalue weighted by molar-refractivity contribution is -0.121. The molecule has 3 heteroatoms. The van der Waals surface area contributed by atoms with Gasteiger partial charge in [0.05, 0.1) is 0 Å². The van der Waals surface area contributed by atoms with Crippen molar-refractivity contribution in [2.75, 3.05) is 12.3 Å². The molecule has 0 saturated heterocycles. The summed E-state index contributed by atoms with van der Waals surface area (Å²) in [7, 11) is 0. The Labute approximate surface area is 122 Å². The van der Waals surface area contributed by atoms with Gasteiger partial charge in [0.25, 0.3) is 0 Å². The van der Waals surface area contributed by atoms with Crippen LogP contribution in [0.4, 0.5) is 5.69 Å². The predicted octanol–water partition coefficient (Wildman–Crippen LogP) is 3.53. The van der Waals surface area contributed by atoms with E-state index in [-0.39, 0.29) is 11.3 Å². The van der Waals surface area contributed by atoms with Gasteiger partial charge < -0.3 is 11.1 Å². The van der Waals surface area contributed by atoms with Crippen LogP contribution in [0.2, 0.25) is 0 Å². The van der Waals surface area contributed by atoms with E-state index in [9.17, 15) is 4.79 Å². The lowest BCUT2D eigenvalue weighted by atomic mass is 9.80. The van der Waals surface area contributed by atoms with Gasteiger partial charge in [-0.2, -0.15) is 0 Å². The topological polar surface area (TPSA) is 55.1 Å². The van der Waals surface area contributed by atoms with Crippen LogP contribution < -0.4 is 11.1 Å². The van der Waals surface area contributed by atoms with E-state index < -0.39 is 0 Å². The largest absolute Gasteiger partial charge is 0.399 e. The second-order valence-electron chi connectivity index (χ2n) is 5.54. The molecule has 0 aliphatic carbocycles. The van der Waals surface area contributed by atoms with Crippen molar-refractivity contribution in [2.24, 2.45) is 5.41 Å². The Morgan fingerprint density at radius 2 is 1.75 bits per heavy atom. The van der Waals surface area contributed by atoms with Gasteiger partial charge in [-0.3, -0.25) is 4.79 Å². The fourth-order valence-electron chi connectivity index (χ4n) is 2.51. The van der Waals surface area contributed by atoms with Crippen molar-refractivity contribution in [3.63, 3.8) is 0 Å². The van der Waals surface area contributed by atoms with Gasteiger partial charge in [-0.1, -0.05) is 39.0 Å².